The number of hydrogen-bond acceptors (Lipinski definition) is 3. The van der Waals surface area contributed by atoms with E-state index in [0.717, 1.165) is 36.5 Å². The Bertz CT molecular complexity index is 1750. The number of rotatable bonds is 12. The van der Waals surface area contributed by atoms with E-state index in [1.807, 2.05) is 6.07 Å². The highest BCUT2D eigenvalue weighted by atomic mass is 28.2. The second kappa shape index (κ2) is 13.8. The molecule has 0 radical (unpaired) electrons. The number of fused-ring (bicyclic) bond motifs is 2. The van der Waals surface area contributed by atoms with Gasteiger partial charge in [-0.15, -0.1) is 0 Å². The third kappa shape index (κ3) is 7.53. The van der Waals surface area contributed by atoms with Crippen molar-refractivity contribution >= 4 is 31.2 Å². The van der Waals surface area contributed by atoms with Crippen molar-refractivity contribution in [1.82, 2.24) is 0 Å². The van der Waals surface area contributed by atoms with E-state index in [-0.39, 0.29) is 15.5 Å². The van der Waals surface area contributed by atoms with Crippen molar-refractivity contribution in [2.75, 3.05) is 0 Å². The van der Waals surface area contributed by atoms with Gasteiger partial charge in [-0.25, -0.2) is 0 Å². The van der Waals surface area contributed by atoms with Crippen molar-refractivity contribution in [2.45, 2.75) is 91.3 Å². The van der Waals surface area contributed by atoms with E-state index in [4.69, 9.17) is 13.6 Å². The first-order valence-electron chi connectivity index (χ1n) is 17.8. The van der Waals surface area contributed by atoms with Crippen molar-refractivity contribution in [3.05, 3.63) is 124 Å². The van der Waals surface area contributed by atoms with E-state index in [1.54, 1.807) is 0 Å². The van der Waals surface area contributed by atoms with E-state index in [9.17, 15) is 0 Å². The average Bonchev–Trinajstić information content (AvgIpc) is 3.57. The Labute approximate surface area is 294 Å². The highest BCUT2D eigenvalue weighted by molar-refractivity contribution is 6.33. The van der Waals surface area contributed by atoms with Crippen LogP contribution in [-0.2, 0) is 25.9 Å². The maximum Gasteiger partial charge on any atom is 0.225 e. The summed E-state index contributed by atoms with van der Waals surface area (Å²) >= 11 is 0. The molecule has 2 aliphatic carbocycles. The average molecular weight is 675 g/mol. The molecule has 0 heterocycles. The highest BCUT2D eigenvalue weighted by Gasteiger charge is 2.46. The molecule has 252 valence electrons. The molecule has 1 unspecified atom stereocenters. The van der Waals surface area contributed by atoms with Gasteiger partial charge < -0.3 is 13.6 Å². The molecule has 0 aliphatic heterocycles. The van der Waals surface area contributed by atoms with Gasteiger partial charge in [-0.1, -0.05) is 116 Å². The Kier molecular flexibility index (Phi) is 9.84. The molecule has 2 aliphatic rings. The quantitative estimate of drug-likeness (QED) is 0.140. The second-order valence-electron chi connectivity index (χ2n) is 16.3. The topological polar surface area (TPSA) is 27.7 Å². The van der Waals surface area contributed by atoms with Gasteiger partial charge in [0.1, 0.15) is 23.9 Å². The minimum atomic E-state index is -0.763. The zero-order chi connectivity index (χ0) is 34.1. The lowest BCUT2D eigenvalue weighted by Crippen LogP contribution is -2.24. The SMILES string of the molecule is CC(C)C(C)(C)[SiH2]Oc1ccc2c(c1)CC1(C2)Cc2ccc(O[SiH2]C(C)(C)C(C)C)cc2C1=Cc1ccc(OCc2ccccc2)cc1. The highest BCUT2D eigenvalue weighted by Crippen LogP contribution is 2.56. The Morgan fingerprint density at radius 1 is 0.646 bits per heavy atom. The Hall–Kier alpha value is -3.55. The number of ether oxygens (including phenoxy) is 1. The van der Waals surface area contributed by atoms with Crippen LogP contribution in [0.15, 0.2) is 91.0 Å². The normalized spacial score (nSPS) is 18.6. The first kappa shape index (κ1) is 34.3. The molecule has 0 bridgehead atoms. The third-order valence-corrected chi connectivity index (χ3v) is 15.6. The summed E-state index contributed by atoms with van der Waals surface area (Å²) < 4.78 is 19.3. The molecule has 48 heavy (non-hydrogen) atoms. The molecule has 6 rings (SSSR count). The van der Waals surface area contributed by atoms with Crippen LogP contribution in [0.3, 0.4) is 0 Å². The van der Waals surface area contributed by atoms with Crippen LogP contribution in [0, 0.1) is 17.3 Å². The molecular weight excluding hydrogens is 621 g/mol. The maximum atomic E-state index is 6.62. The van der Waals surface area contributed by atoms with Gasteiger partial charge in [-0.2, -0.15) is 0 Å². The van der Waals surface area contributed by atoms with E-state index in [0.29, 0.717) is 18.4 Å². The predicted molar refractivity (Wildman–Crippen MR) is 208 cm³/mol. The van der Waals surface area contributed by atoms with Gasteiger partial charge in [0, 0.05) is 5.41 Å². The molecule has 3 nitrogen and oxygen atoms in total. The number of hydrogen-bond donors (Lipinski definition) is 0. The Balaban J connectivity index is 1.29. The summed E-state index contributed by atoms with van der Waals surface area (Å²) in [4.78, 5) is 0. The molecule has 0 amide bonds. The lowest BCUT2D eigenvalue weighted by molar-refractivity contribution is 0.306. The molecule has 0 aromatic heterocycles. The van der Waals surface area contributed by atoms with E-state index in [2.05, 4.69) is 146 Å². The lowest BCUT2D eigenvalue weighted by Gasteiger charge is -2.28. The Morgan fingerprint density at radius 2 is 1.19 bits per heavy atom. The fourth-order valence-corrected chi connectivity index (χ4v) is 8.71. The standard InChI is InChI=1S/C43H54O3Si2/c1-29(2)41(5,6)47-45-37-20-16-33-25-43(27-35(33)23-37)26-34-17-21-38(46-48-42(7,8)30(3)4)24-39(34)40(43)22-31-14-18-36(19-15-31)44-28-32-12-10-9-11-13-32/h9-24,29-30H,25-28,47-48H2,1-8H3. The van der Waals surface area contributed by atoms with E-state index in [1.165, 1.54) is 39.0 Å². The monoisotopic (exact) mass is 674 g/mol. The van der Waals surface area contributed by atoms with Crippen LogP contribution in [-0.4, -0.2) is 19.5 Å². The van der Waals surface area contributed by atoms with Gasteiger partial charge in [0.15, 0.2) is 0 Å². The third-order valence-electron chi connectivity index (χ3n) is 11.5. The minimum Gasteiger partial charge on any atom is -0.549 e. The Morgan fingerprint density at radius 3 is 1.81 bits per heavy atom. The number of benzene rings is 4. The van der Waals surface area contributed by atoms with Gasteiger partial charge in [0.05, 0.1) is 0 Å². The van der Waals surface area contributed by atoms with Crippen molar-refractivity contribution < 1.29 is 13.6 Å². The molecule has 0 saturated heterocycles. The summed E-state index contributed by atoms with van der Waals surface area (Å²) in [6, 6.07) is 32.7. The maximum absolute atomic E-state index is 6.62. The molecule has 5 heteroatoms. The van der Waals surface area contributed by atoms with Crippen LogP contribution in [0.25, 0.3) is 11.6 Å². The van der Waals surface area contributed by atoms with E-state index < -0.39 is 19.5 Å². The minimum absolute atomic E-state index is 0.0215. The van der Waals surface area contributed by atoms with Crippen molar-refractivity contribution in [1.29, 1.82) is 0 Å². The van der Waals surface area contributed by atoms with Crippen LogP contribution in [0.1, 0.15) is 88.8 Å². The van der Waals surface area contributed by atoms with Gasteiger partial charge >= 0.3 is 0 Å². The van der Waals surface area contributed by atoms with Gasteiger partial charge in [-0.3, -0.25) is 0 Å². The molecule has 0 N–H and O–H groups in total. The second-order valence-corrected chi connectivity index (χ2v) is 21.1. The summed E-state index contributed by atoms with van der Waals surface area (Å²) in [5.41, 5.74) is 9.50. The fraction of sp³-hybridized carbons (Fsp3) is 0.395. The van der Waals surface area contributed by atoms with Crippen LogP contribution in [0.5, 0.6) is 17.2 Å². The summed E-state index contributed by atoms with van der Waals surface area (Å²) in [7, 11) is -1.48. The summed E-state index contributed by atoms with van der Waals surface area (Å²) in [6.45, 7) is 19.2. The summed E-state index contributed by atoms with van der Waals surface area (Å²) in [6.07, 6.45) is 5.55. The van der Waals surface area contributed by atoms with Crippen molar-refractivity contribution in [2.24, 2.45) is 17.3 Å². The van der Waals surface area contributed by atoms with Crippen LogP contribution < -0.4 is 13.6 Å². The zero-order valence-electron chi connectivity index (χ0n) is 30.4. The molecule has 4 aromatic carbocycles. The first-order valence-corrected chi connectivity index (χ1v) is 20.4. The van der Waals surface area contributed by atoms with Crippen molar-refractivity contribution in [3.63, 3.8) is 0 Å². The summed E-state index contributed by atoms with van der Waals surface area (Å²) in [5.74, 6) is 4.17. The largest absolute Gasteiger partial charge is 0.549 e. The predicted octanol–water partition coefficient (Wildman–Crippen LogP) is 9.78. The molecule has 0 fully saturated rings. The first-order chi connectivity index (χ1) is 22.8. The van der Waals surface area contributed by atoms with E-state index >= 15 is 0 Å². The molecule has 4 aromatic rings. The zero-order valence-corrected chi connectivity index (χ0v) is 33.2. The van der Waals surface area contributed by atoms with Crippen LogP contribution >= 0.6 is 0 Å². The van der Waals surface area contributed by atoms with Crippen molar-refractivity contribution in [3.8, 4) is 17.2 Å². The smallest absolute Gasteiger partial charge is 0.225 e. The fourth-order valence-electron chi connectivity index (χ4n) is 6.60. The number of allylic oxidation sites excluding steroid dienone is 1. The molecule has 1 atom stereocenters. The van der Waals surface area contributed by atoms with Crippen LogP contribution in [0.4, 0.5) is 0 Å². The molecule has 1 spiro atoms. The van der Waals surface area contributed by atoms with Gasteiger partial charge in [0.2, 0.25) is 19.5 Å². The lowest BCUT2D eigenvalue weighted by atomic mass is 9.77. The van der Waals surface area contributed by atoms with Gasteiger partial charge in [-0.05, 0) is 117 Å². The van der Waals surface area contributed by atoms with Gasteiger partial charge in [0.25, 0.3) is 0 Å². The molecular formula is C43H54O3Si2. The van der Waals surface area contributed by atoms with Crippen LogP contribution in [0.2, 0.25) is 10.1 Å². The summed E-state index contributed by atoms with van der Waals surface area (Å²) in [5, 5.41) is 0.502. The molecule has 0 saturated carbocycles.